The molecule has 3 fully saturated rings. The highest BCUT2D eigenvalue weighted by atomic mass is 31.2. The van der Waals surface area contributed by atoms with Crippen LogP contribution in [0.4, 0.5) is 0 Å². The molecule has 3 saturated heterocycles. The molecule has 6 atom stereocenters. The second-order valence-electron chi connectivity index (χ2n) is 8.93. The van der Waals surface area contributed by atoms with Crippen LogP contribution in [0.1, 0.15) is 38.4 Å². The van der Waals surface area contributed by atoms with Crippen molar-refractivity contribution >= 4 is 13.7 Å². The summed E-state index contributed by atoms with van der Waals surface area (Å²) in [5.41, 5.74) is 6.71. The molecule has 1 amide bonds. The van der Waals surface area contributed by atoms with Gasteiger partial charge in [-0.2, -0.15) is 0 Å². The minimum absolute atomic E-state index is 0.0991. The molecule has 0 radical (unpaired) electrons. The molecule has 2 N–H and O–H groups in total. The zero-order valence-corrected chi connectivity index (χ0v) is 19.8. The molecular weight excluding hydrogens is 465 g/mol. The molecule has 1 aromatic rings. The van der Waals surface area contributed by atoms with Crippen LogP contribution in [0.5, 0.6) is 0 Å². The van der Waals surface area contributed by atoms with Crippen LogP contribution in [0, 0.1) is 0 Å². The lowest BCUT2D eigenvalue weighted by Gasteiger charge is -2.32. The Morgan fingerprint density at radius 2 is 2.18 bits per heavy atom. The number of amides is 1. The maximum absolute atomic E-state index is 13.2. The van der Waals surface area contributed by atoms with Crippen molar-refractivity contribution in [1.29, 1.82) is 0 Å². The molecule has 11 nitrogen and oxygen atoms in total. The fourth-order valence-corrected chi connectivity index (χ4v) is 5.86. The van der Waals surface area contributed by atoms with E-state index in [4.69, 9.17) is 33.5 Å². The van der Waals surface area contributed by atoms with Gasteiger partial charge in [0.15, 0.2) is 12.0 Å². The van der Waals surface area contributed by atoms with Crippen LogP contribution >= 0.6 is 7.82 Å². The van der Waals surface area contributed by atoms with E-state index in [1.54, 1.807) is 35.8 Å². The van der Waals surface area contributed by atoms with Crippen LogP contribution in [-0.2, 0) is 37.1 Å². The molecule has 0 saturated carbocycles. The number of phosphoric ester groups is 1. The summed E-state index contributed by atoms with van der Waals surface area (Å²) < 4.78 is 48.4. The summed E-state index contributed by atoms with van der Waals surface area (Å²) in [7, 11) is -3.84. The molecule has 4 aliphatic heterocycles. The average Bonchev–Trinajstić information content (AvgIpc) is 3.31. The molecule has 12 heteroatoms. The highest BCUT2D eigenvalue weighted by molar-refractivity contribution is 7.48. The normalized spacial score (nSPS) is 36.8. The van der Waals surface area contributed by atoms with Gasteiger partial charge in [0.05, 0.1) is 19.3 Å². The number of aromatic nitrogens is 1. The molecule has 0 bridgehead atoms. The number of carbonyl (C=O) groups excluding carboxylic acids is 1. The zero-order chi connectivity index (χ0) is 23.9. The second kappa shape index (κ2) is 9.16. The zero-order valence-electron chi connectivity index (χ0n) is 18.9. The van der Waals surface area contributed by atoms with Crippen LogP contribution in [0.2, 0.25) is 0 Å². The second-order valence-corrected chi connectivity index (χ2v) is 10.6. The molecule has 184 valence electrons. The lowest BCUT2D eigenvalue weighted by atomic mass is 10.1. The first-order valence-electron chi connectivity index (χ1n) is 11.2. The third-order valence-electron chi connectivity index (χ3n) is 5.99. The van der Waals surface area contributed by atoms with Crippen LogP contribution < -0.4 is 5.73 Å². The molecule has 0 aliphatic carbocycles. The fourth-order valence-electron chi connectivity index (χ4n) is 4.47. The van der Waals surface area contributed by atoms with E-state index in [2.05, 4.69) is 4.98 Å². The first kappa shape index (κ1) is 23.6. The van der Waals surface area contributed by atoms with E-state index < -0.39 is 50.2 Å². The average molecular weight is 493 g/mol. The third-order valence-corrected chi connectivity index (χ3v) is 7.47. The van der Waals surface area contributed by atoms with Gasteiger partial charge in [-0.15, -0.1) is 0 Å². The number of nitrogens with zero attached hydrogens (tertiary/aromatic N) is 2. The fraction of sp³-hybridized carbons (Fsp3) is 0.545. The Kier molecular flexibility index (Phi) is 6.36. The van der Waals surface area contributed by atoms with E-state index in [1.807, 2.05) is 26.0 Å². The predicted octanol–water partition coefficient (Wildman–Crippen LogP) is 2.52. The van der Waals surface area contributed by atoms with Crippen molar-refractivity contribution in [1.82, 2.24) is 9.88 Å². The Morgan fingerprint density at radius 3 is 2.94 bits per heavy atom. The van der Waals surface area contributed by atoms with Gasteiger partial charge in [-0.1, -0.05) is 12.1 Å². The standard InChI is InChI=1S/C22H28N3O8P/c1-22(2)31-18-17(30-21(19(18)32-22)25-9-4-6-15(12-25)20(23)26)13-29-34(27)28-10-7-16(33-34)14-5-3-8-24-11-14/h3-5,8-9,11-12,16-19,21H,6-7,10,13H2,1-2H3,(H2,23,26)/t16?,17?,18-,19-,21-,34?/m1/s1. The van der Waals surface area contributed by atoms with Gasteiger partial charge in [0, 0.05) is 36.8 Å². The topological polar surface area (TPSA) is 132 Å². The molecule has 4 aliphatic rings. The molecule has 5 heterocycles. The van der Waals surface area contributed by atoms with Gasteiger partial charge >= 0.3 is 7.82 Å². The molecule has 34 heavy (non-hydrogen) atoms. The Morgan fingerprint density at radius 1 is 1.35 bits per heavy atom. The third kappa shape index (κ3) is 4.83. The van der Waals surface area contributed by atoms with Crippen LogP contribution in [-0.4, -0.2) is 59.3 Å². The maximum Gasteiger partial charge on any atom is 0.475 e. The van der Waals surface area contributed by atoms with Gasteiger partial charge in [-0.25, -0.2) is 4.57 Å². The number of ether oxygens (including phenoxy) is 3. The summed E-state index contributed by atoms with van der Waals surface area (Å²) in [5.74, 6) is -1.35. The Hall–Kier alpha value is -2.11. The minimum atomic E-state index is -3.84. The van der Waals surface area contributed by atoms with Crippen molar-refractivity contribution in [2.75, 3.05) is 13.2 Å². The van der Waals surface area contributed by atoms with Crippen LogP contribution in [0.15, 0.2) is 48.6 Å². The van der Waals surface area contributed by atoms with Gasteiger partial charge in [0.1, 0.15) is 18.3 Å². The summed E-state index contributed by atoms with van der Waals surface area (Å²) in [6.45, 7) is 3.75. The number of carbonyl (C=O) groups is 1. The van der Waals surface area contributed by atoms with E-state index >= 15 is 0 Å². The van der Waals surface area contributed by atoms with Gasteiger partial charge in [0.25, 0.3) is 0 Å². The Bertz CT molecular complexity index is 1030. The van der Waals surface area contributed by atoms with Gasteiger partial charge in [-0.3, -0.25) is 23.3 Å². The Balaban J connectivity index is 1.29. The molecule has 0 spiro atoms. The predicted molar refractivity (Wildman–Crippen MR) is 118 cm³/mol. The summed E-state index contributed by atoms with van der Waals surface area (Å²) in [6, 6.07) is 3.65. The minimum Gasteiger partial charge on any atom is -0.366 e. The summed E-state index contributed by atoms with van der Waals surface area (Å²) >= 11 is 0. The van der Waals surface area contributed by atoms with Crippen molar-refractivity contribution in [2.45, 2.75) is 63.1 Å². The molecule has 1 aromatic heterocycles. The van der Waals surface area contributed by atoms with Gasteiger partial charge < -0.3 is 24.8 Å². The Labute approximate surface area is 197 Å². The maximum atomic E-state index is 13.2. The highest BCUT2D eigenvalue weighted by Gasteiger charge is 2.57. The molecule has 5 rings (SSSR count). The number of rotatable bonds is 6. The van der Waals surface area contributed by atoms with Crippen molar-refractivity contribution in [3.63, 3.8) is 0 Å². The quantitative estimate of drug-likeness (QED) is 0.590. The summed E-state index contributed by atoms with van der Waals surface area (Å²) in [5, 5.41) is 0. The van der Waals surface area contributed by atoms with E-state index in [0.717, 1.165) is 5.56 Å². The number of pyridine rings is 1. The van der Waals surface area contributed by atoms with Gasteiger partial charge in [-0.05, 0) is 31.9 Å². The SMILES string of the molecule is CC1(C)O[C@@H]2[C@H](O1)C(COP1(=O)OCCC(c3cccnc3)O1)O[C@H]2N1C=CCC(C(N)=O)=C1. The number of hydrogen-bond acceptors (Lipinski definition) is 10. The van der Waals surface area contributed by atoms with E-state index in [9.17, 15) is 9.36 Å². The lowest BCUT2D eigenvalue weighted by molar-refractivity contribution is -0.201. The highest BCUT2D eigenvalue weighted by Crippen LogP contribution is 2.57. The summed E-state index contributed by atoms with van der Waals surface area (Å²) in [6.07, 6.45) is 6.95. The number of hydrogen-bond donors (Lipinski definition) is 1. The first-order chi connectivity index (χ1) is 16.2. The molecule has 0 aromatic carbocycles. The number of fused-ring (bicyclic) bond motifs is 1. The molecular formula is C22H28N3O8P. The monoisotopic (exact) mass is 493 g/mol. The van der Waals surface area contributed by atoms with Crippen molar-refractivity contribution < 1.29 is 37.1 Å². The van der Waals surface area contributed by atoms with E-state index in [-0.39, 0.29) is 13.2 Å². The van der Waals surface area contributed by atoms with Gasteiger partial charge in [0.2, 0.25) is 5.91 Å². The summed E-state index contributed by atoms with van der Waals surface area (Å²) in [4.78, 5) is 17.5. The largest absolute Gasteiger partial charge is 0.475 e. The number of nitrogens with two attached hydrogens (primary N) is 1. The van der Waals surface area contributed by atoms with Crippen LogP contribution in [0.25, 0.3) is 0 Å². The van der Waals surface area contributed by atoms with Crippen molar-refractivity contribution in [3.05, 3.63) is 54.1 Å². The smallest absolute Gasteiger partial charge is 0.366 e. The molecule has 3 unspecified atom stereocenters. The number of phosphoric acid groups is 1. The van der Waals surface area contributed by atoms with E-state index in [0.29, 0.717) is 18.4 Å². The van der Waals surface area contributed by atoms with E-state index in [1.165, 1.54) is 0 Å². The van der Waals surface area contributed by atoms with Crippen molar-refractivity contribution in [2.24, 2.45) is 5.73 Å². The van der Waals surface area contributed by atoms with Crippen molar-refractivity contribution in [3.8, 4) is 0 Å². The first-order valence-corrected chi connectivity index (χ1v) is 12.6. The number of primary amides is 1. The lowest BCUT2D eigenvalue weighted by Crippen LogP contribution is -2.40. The number of allylic oxidation sites excluding steroid dienone is 1. The van der Waals surface area contributed by atoms with Crippen LogP contribution in [0.3, 0.4) is 0 Å².